The van der Waals surface area contributed by atoms with Gasteiger partial charge in [0.25, 0.3) is 5.91 Å². The number of thiazole rings is 1. The number of hydrogen-bond donors (Lipinski definition) is 1. The van der Waals surface area contributed by atoms with Gasteiger partial charge in [-0.25, -0.2) is 4.98 Å². The van der Waals surface area contributed by atoms with E-state index in [0.29, 0.717) is 20.7 Å². The highest BCUT2D eigenvalue weighted by molar-refractivity contribution is 7.22. The van der Waals surface area contributed by atoms with Crippen molar-refractivity contribution in [3.05, 3.63) is 57.1 Å². The first-order valence-corrected chi connectivity index (χ1v) is 9.67. The van der Waals surface area contributed by atoms with Gasteiger partial charge in [0.05, 0.1) is 16.6 Å². The first-order chi connectivity index (χ1) is 12.8. The predicted molar refractivity (Wildman–Crippen MR) is 109 cm³/mol. The lowest BCUT2D eigenvalue weighted by molar-refractivity contribution is -0.146. The van der Waals surface area contributed by atoms with Crippen LogP contribution in [0.2, 0.25) is 10.0 Å². The van der Waals surface area contributed by atoms with Crippen molar-refractivity contribution in [2.75, 3.05) is 11.9 Å². The number of nitrogens with zero attached hydrogens (tertiary/aromatic N) is 1. The molecule has 0 unspecified atom stereocenters. The highest BCUT2D eigenvalue weighted by Crippen LogP contribution is 2.29. The minimum atomic E-state index is -0.587. The van der Waals surface area contributed by atoms with Gasteiger partial charge in [0.1, 0.15) is 0 Å². The average Bonchev–Trinajstić information content (AvgIpc) is 2.99. The van der Waals surface area contributed by atoms with Gasteiger partial charge in [-0.15, -0.1) is 0 Å². The number of nitrogens with one attached hydrogen (secondary N) is 1. The Morgan fingerprint density at radius 1 is 1.19 bits per heavy atom. The SMILES string of the molecule is Cc1cc(C)c2nc(NC(=O)COC(=O)Cc3c(Cl)cccc3Cl)sc2c1. The summed E-state index contributed by atoms with van der Waals surface area (Å²) in [6.07, 6.45) is -0.106. The van der Waals surface area contributed by atoms with Crippen LogP contribution < -0.4 is 5.32 Å². The Bertz CT molecular complexity index is 1010. The number of fused-ring (bicyclic) bond motifs is 1. The van der Waals surface area contributed by atoms with Crippen molar-refractivity contribution in [2.24, 2.45) is 0 Å². The largest absolute Gasteiger partial charge is 0.455 e. The van der Waals surface area contributed by atoms with E-state index in [0.717, 1.165) is 21.3 Å². The molecule has 2 aromatic carbocycles. The first kappa shape index (κ1) is 19.6. The molecule has 1 aromatic heterocycles. The van der Waals surface area contributed by atoms with E-state index in [1.807, 2.05) is 26.0 Å². The Hall–Kier alpha value is -2.15. The summed E-state index contributed by atoms with van der Waals surface area (Å²) >= 11 is 13.4. The van der Waals surface area contributed by atoms with Crippen molar-refractivity contribution in [1.29, 1.82) is 0 Å². The Balaban J connectivity index is 1.58. The number of anilines is 1. The third-order valence-electron chi connectivity index (χ3n) is 3.82. The van der Waals surface area contributed by atoms with Crippen LogP contribution in [0.5, 0.6) is 0 Å². The summed E-state index contributed by atoms with van der Waals surface area (Å²) < 4.78 is 6.01. The van der Waals surface area contributed by atoms with Gasteiger partial charge in [-0.05, 0) is 43.2 Å². The van der Waals surface area contributed by atoms with Gasteiger partial charge in [0, 0.05) is 15.6 Å². The van der Waals surface area contributed by atoms with E-state index < -0.39 is 18.5 Å². The summed E-state index contributed by atoms with van der Waals surface area (Å²) in [6.45, 7) is 3.58. The van der Waals surface area contributed by atoms with E-state index >= 15 is 0 Å². The molecule has 0 atom stereocenters. The molecule has 0 saturated heterocycles. The van der Waals surface area contributed by atoms with E-state index in [9.17, 15) is 9.59 Å². The van der Waals surface area contributed by atoms with Crippen LogP contribution in [0.4, 0.5) is 5.13 Å². The number of ether oxygens (including phenoxy) is 1. The zero-order chi connectivity index (χ0) is 19.6. The molecule has 0 spiro atoms. The molecule has 3 aromatic rings. The monoisotopic (exact) mass is 422 g/mol. The Morgan fingerprint density at radius 2 is 1.89 bits per heavy atom. The molecule has 27 heavy (non-hydrogen) atoms. The van der Waals surface area contributed by atoms with Gasteiger partial charge in [-0.3, -0.25) is 14.9 Å². The maximum Gasteiger partial charge on any atom is 0.310 e. The molecule has 0 aliphatic carbocycles. The smallest absolute Gasteiger partial charge is 0.310 e. The van der Waals surface area contributed by atoms with Crippen LogP contribution in [-0.2, 0) is 20.7 Å². The third kappa shape index (κ3) is 4.77. The molecule has 0 radical (unpaired) electrons. The lowest BCUT2D eigenvalue weighted by Crippen LogP contribution is -2.21. The van der Waals surface area contributed by atoms with Crippen LogP contribution in [0.3, 0.4) is 0 Å². The average molecular weight is 423 g/mol. The van der Waals surface area contributed by atoms with Crippen LogP contribution in [0.25, 0.3) is 10.2 Å². The molecule has 5 nitrogen and oxygen atoms in total. The standard InChI is InChI=1S/C19H16Cl2N2O3S/c1-10-6-11(2)18-15(7-10)27-19(23-18)22-16(24)9-26-17(25)8-12-13(20)4-3-5-14(12)21/h3-7H,8-9H2,1-2H3,(H,22,23,24). The number of carbonyl (C=O) groups is 2. The van der Waals surface area contributed by atoms with Crippen molar-refractivity contribution in [3.63, 3.8) is 0 Å². The third-order valence-corrected chi connectivity index (χ3v) is 5.45. The number of aromatic nitrogens is 1. The number of halogens is 2. The van der Waals surface area contributed by atoms with Gasteiger partial charge in [0.2, 0.25) is 0 Å². The number of amides is 1. The molecule has 0 bridgehead atoms. The van der Waals surface area contributed by atoms with Crippen molar-refractivity contribution in [3.8, 4) is 0 Å². The van der Waals surface area contributed by atoms with Crippen molar-refractivity contribution in [2.45, 2.75) is 20.3 Å². The molecule has 1 heterocycles. The second-order valence-corrected chi connectivity index (χ2v) is 7.88. The summed E-state index contributed by atoms with van der Waals surface area (Å²) in [6, 6.07) is 9.02. The van der Waals surface area contributed by atoms with Crippen LogP contribution >= 0.6 is 34.5 Å². The molecule has 0 saturated carbocycles. The van der Waals surface area contributed by atoms with Gasteiger partial charge in [0.15, 0.2) is 11.7 Å². The Morgan fingerprint density at radius 3 is 2.59 bits per heavy atom. The number of benzene rings is 2. The molecule has 1 amide bonds. The van der Waals surface area contributed by atoms with Crippen molar-refractivity contribution in [1.82, 2.24) is 4.98 Å². The highest BCUT2D eigenvalue weighted by Gasteiger charge is 2.15. The summed E-state index contributed by atoms with van der Waals surface area (Å²) in [5, 5.41) is 3.88. The van der Waals surface area contributed by atoms with Crippen LogP contribution in [0.15, 0.2) is 30.3 Å². The maximum atomic E-state index is 12.1. The first-order valence-electron chi connectivity index (χ1n) is 8.09. The molecular formula is C19H16Cl2N2O3S. The summed E-state index contributed by atoms with van der Waals surface area (Å²) in [4.78, 5) is 28.4. The number of rotatable bonds is 5. The number of aryl methyl sites for hydroxylation is 2. The molecule has 0 fully saturated rings. The van der Waals surface area contributed by atoms with E-state index in [1.54, 1.807) is 18.2 Å². The topological polar surface area (TPSA) is 68.3 Å². The Labute approximate surface area is 170 Å². The zero-order valence-electron chi connectivity index (χ0n) is 14.6. The Kier molecular flexibility index (Phi) is 5.99. The second kappa shape index (κ2) is 8.25. The lowest BCUT2D eigenvalue weighted by atomic mass is 10.1. The van der Waals surface area contributed by atoms with Gasteiger partial charge in [-0.2, -0.15) is 0 Å². The minimum absolute atomic E-state index is 0.106. The maximum absolute atomic E-state index is 12.1. The van der Waals surface area contributed by atoms with Gasteiger partial charge < -0.3 is 4.74 Å². The molecular weight excluding hydrogens is 407 g/mol. The van der Waals surface area contributed by atoms with Crippen molar-refractivity contribution >= 4 is 61.8 Å². The quantitative estimate of drug-likeness (QED) is 0.590. The normalized spacial score (nSPS) is 10.8. The van der Waals surface area contributed by atoms with E-state index in [4.69, 9.17) is 27.9 Å². The number of esters is 1. The molecule has 8 heteroatoms. The fraction of sp³-hybridized carbons (Fsp3) is 0.211. The summed E-state index contributed by atoms with van der Waals surface area (Å²) in [5.41, 5.74) is 3.51. The van der Waals surface area contributed by atoms with E-state index in [2.05, 4.69) is 10.3 Å². The number of carbonyl (C=O) groups excluding carboxylic acids is 2. The van der Waals surface area contributed by atoms with Crippen molar-refractivity contribution < 1.29 is 14.3 Å². The van der Waals surface area contributed by atoms with Gasteiger partial charge in [-0.1, -0.05) is 46.7 Å². The summed E-state index contributed by atoms with van der Waals surface area (Å²) in [7, 11) is 0. The molecule has 3 rings (SSSR count). The fourth-order valence-electron chi connectivity index (χ4n) is 2.62. The van der Waals surface area contributed by atoms with E-state index in [-0.39, 0.29) is 6.42 Å². The minimum Gasteiger partial charge on any atom is -0.455 e. The highest BCUT2D eigenvalue weighted by atomic mass is 35.5. The lowest BCUT2D eigenvalue weighted by Gasteiger charge is -2.07. The van der Waals surface area contributed by atoms with E-state index in [1.165, 1.54) is 11.3 Å². The molecule has 0 aliphatic heterocycles. The van der Waals surface area contributed by atoms with Crippen LogP contribution in [0, 0.1) is 13.8 Å². The summed E-state index contributed by atoms with van der Waals surface area (Å²) in [5.74, 6) is -1.04. The number of hydrogen-bond acceptors (Lipinski definition) is 5. The zero-order valence-corrected chi connectivity index (χ0v) is 17.0. The molecule has 0 aliphatic rings. The predicted octanol–water partition coefficient (Wildman–Crippen LogP) is 4.94. The fourth-order valence-corrected chi connectivity index (χ4v) is 4.21. The van der Waals surface area contributed by atoms with Crippen LogP contribution in [0.1, 0.15) is 16.7 Å². The molecule has 1 N–H and O–H groups in total. The van der Waals surface area contributed by atoms with Crippen LogP contribution in [-0.4, -0.2) is 23.5 Å². The van der Waals surface area contributed by atoms with Gasteiger partial charge >= 0.3 is 5.97 Å². The molecule has 140 valence electrons. The second-order valence-electron chi connectivity index (χ2n) is 6.03.